The van der Waals surface area contributed by atoms with Gasteiger partial charge in [-0.2, -0.15) is 0 Å². The molecule has 1 aromatic rings. The highest BCUT2D eigenvalue weighted by molar-refractivity contribution is 7.91. The first-order valence-corrected chi connectivity index (χ1v) is 10.2. The lowest BCUT2D eigenvalue weighted by Crippen LogP contribution is -3.11. The van der Waals surface area contributed by atoms with Crippen LogP contribution in [0.1, 0.15) is 13.3 Å². The minimum atomic E-state index is -3.08. The van der Waals surface area contributed by atoms with Crippen molar-refractivity contribution in [1.82, 2.24) is 5.32 Å². The molecule has 0 spiro atoms. The summed E-state index contributed by atoms with van der Waals surface area (Å²) in [5.74, 6) is 0.277. The Morgan fingerprint density at radius 1 is 1.19 bits per heavy atom. The van der Waals surface area contributed by atoms with Crippen LogP contribution in [0.15, 0.2) is 24.3 Å². The molecule has 2 atom stereocenters. The molecule has 0 aliphatic carbocycles. The molecule has 1 aliphatic rings. The molecule has 1 fully saturated rings. The predicted molar refractivity (Wildman–Crippen MR) is 98.1 cm³/mol. The van der Waals surface area contributed by atoms with Gasteiger partial charge in [0, 0.05) is 5.69 Å². The number of methoxy groups -OCH3 is 1. The normalized spacial score (nSPS) is 22.4. The van der Waals surface area contributed by atoms with E-state index in [9.17, 15) is 18.0 Å². The highest BCUT2D eigenvalue weighted by atomic mass is 32.2. The Kier molecular flexibility index (Phi) is 6.25. The zero-order valence-corrected chi connectivity index (χ0v) is 16.1. The number of carbonyl (C=O) groups is 2. The van der Waals surface area contributed by atoms with Crippen molar-refractivity contribution in [3.8, 4) is 5.75 Å². The molecule has 0 aromatic heterocycles. The first kappa shape index (κ1) is 20.2. The minimum Gasteiger partial charge on any atom is -0.497 e. The molecule has 0 saturated carbocycles. The van der Waals surface area contributed by atoms with E-state index in [-0.39, 0.29) is 36.4 Å². The third kappa shape index (κ3) is 5.99. The van der Waals surface area contributed by atoms with Gasteiger partial charge in [-0.25, -0.2) is 8.42 Å². The van der Waals surface area contributed by atoms with Crippen molar-refractivity contribution in [2.24, 2.45) is 0 Å². The number of benzene rings is 1. The van der Waals surface area contributed by atoms with Gasteiger partial charge in [-0.3, -0.25) is 9.59 Å². The monoisotopic (exact) mass is 384 g/mol. The molecule has 3 N–H and O–H groups in total. The molecule has 9 heteroatoms. The Morgan fingerprint density at radius 2 is 1.81 bits per heavy atom. The number of likely N-dealkylation sites (N-methyl/N-ethyl adjacent to an activating group) is 1. The maximum Gasteiger partial charge on any atom is 0.279 e. The fourth-order valence-corrected chi connectivity index (χ4v) is 5.07. The first-order valence-electron chi connectivity index (χ1n) is 8.37. The fourth-order valence-electron chi connectivity index (χ4n) is 2.98. The maximum atomic E-state index is 12.2. The number of hydrogen-bond donors (Lipinski definition) is 3. The van der Waals surface area contributed by atoms with Crippen LogP contribution in [0.3, 0.4) is 0 Å². The molecule has 0 radical (unpaired) electrons. The largest absolute Gasteiger partial charge is 0.497 e. The van der Waals surface area contributed by atoms with Crippen molar-refractivity contribution < 1.29 is 27.6 Å². The van der Waals surface area contributed by atoms with E-state index in [2.05, 4.69) is 10.6 Å². The van der Waals surface area contributed by atoms with E-state index in [1.54, 1.807) is 45.3 Å². The quantitative estimate of drug-likeness (QED) is 0.550. The second kappa shape index (κ2) is 8.05. The van der Waals surface area contributed by atoms with Crippen LogP contribution < -0.4 is 20.3 Å². The third-order valence-corrected chi connectivity index (χ3v) is 6.15. The molecular formula is C17H26N3O5S+. The van der Waals surface area contributed by atoms with E-state index in [4.69, 9.17) is 4.74 Å². The molecule has 2 amide bonds. The van der Waals surface area contributed by atoms with Crippen molar-refractivity contribution >= 4 is 27.3 Å². The van der Waals surface area contributed by atoms with Gasteiger partial charge < -0.3 is 20.3 Å². The van der Waals surface area contributed by atoms with E-state index in [0.717, 1.165) is 0 Å². The zero-order valence-electron chi connectivity index (χ0n) is 15.3. The Morgan fingerprint density at radius 3 is 2.35 bits per heavy atom. The average Bonchev–Trinajstić information content (AvgIpc) is 2.80. The summed E-state index contributed by atoms with van der Waals surface area (Å²) >= 11 is 0. The van der Waals surface area contributed by atoms with E-state index < -0.39 is 15.4 Å². The summed E-state index contributed by atoms with van der Waals surface area (Å²) in [7, 11) is 0.224. The summed E-state index contributed by atoms with van der Waals surface area (Å²) < 4.78 is 28.2. The Hall–Kier alpha value is -2.13. The number of nitrogens with one attached hydrogen (secondary N) is 3. The van der Waals surface area contributed by atoms with Crippen LogP contribution in [0.5, 0.6) is 5.75 Å². The smallest absolute Gasteiger partial charge is 0.279 e. The highest BCUT2D eigenvalue weighted by Gasteiger charge is 2.39. The van der Waals surface area contributed by atoms with Crippen LogP contribution in [-0.2, 0) is 19.4 Å². The van der Waals surface area contributed by atoms with Crippen molar-refractivity contribution in [1.29, 1.82) is 0 Å². The minimum absolute atomic E-state index is 0.0389. The Balaban J connectivity index is 1.79. The summed E-state index contributed by atoms with van der Waals surface area (Å²) in [6, 6.07) is 6.96. The topological polar surface area (TPSA) is 106 Å². The molecule has 1 unspecified atom stereocenters. The number of carbonyl (C=O) groups excluding carboxylic acids is 2. The van der Waals surface area contributed by atoms with Gasteiger partial charge in [0.1, 0.15) is 5.75 Å². The van der Waals surface area contributed by atoms with Gasteiger partial charge in [0.25, 0.3) is 11.8 Å². The molecule has 1 saturated heterocycles. The Bertz CT molecular complexity index is 763. The Labute approximate surface area is 153 Å². The molecule has 1 aliphatic heterocycles. The molecule has 1 heterocycles. The fraction of sp³-hybridized carbons (Fsp3) is 0.529. The van der Waals surface area contributed by atoms with E-state index in [0.29, 0.717) is 22.8 Å². The van der Waals surface area contributed by atoms with E-state index in [1.807, 2.05) is 0 Å². The summed E-state index contributed by atoms with van der Waals surface area (Å²) in [5, 5.41) is 5.56. The number of ether oxygens (including phenoxy) is 1. The van der Waals surface area contributed by atoms with Crippen molar-refractivity contribution in [3.63, 3.8) is 0 Å². The van der Waals surface area contributed by atoms with Crippen LogP contribution >= 0.6 is 0 Å². The third-order valence-electron chi connectivity index (χ3n) is 4.24. The SMILES string of the molecule is COc1ccc(NC(=O)C[NH+](C)CC(=O)N[C@]2(C)CCS(=O)(=O)C2)cc1. The number of sulfone groups is 1. The maximum absolute atomic E-state index is 12.2. The number of anilines is 1. The molecule has 2 rings (SSSR count). The summed E-state index contributed by atoms with van der Waals surface area (Å²) in [6.07, 6.45) is 0.415. The van der Waals surface area contributed by atoms with Gasteiger partial charge in [-0.05, 0) is 37.6 Å². The summed E-state index contributed by atoms with van der Waals surface area (Å²) in [6.45, 7) is 1.95. The van der Waals surface area contributed by atoms with E-state index in [1.165, 1.54) is 0 Å². The molecule has 144 valence electrons. The highest BCUT2D eigenvalue weighted by Crippen LogP contribution is 2.22. The van der Waals surface area contributed by atoms with Crippen molar-refractivity contribution in [2.45, 2.75) is 18.9 Å². The zero-order chi connectivity index (χ0) is 19.4. The second-order valence-corrected chi connectivity index (χ2v) is 9.22. The molecule has 8 nitrogen and oxygen atoms in total. The van der Waals surface area contributed by atoms with Gasteiger partial charge in [0.2, 0.25) is 0 Å². The first-order chi connectivity index (χ1) is 12.1. The van der Waals surface area contributed by atoms with Gasteiger partial charge in [-0.15, -0.1) is 0 Å². The van der Waals surface area contributed by atoms with Crippen LogP contribution in [0.4, 0.5) is 5.69 Å². The van der Waals surface area contributed by atoms with Gasteiger partial charge >= 0.3 is 0 Å². The van der Waals surface area contributed by atoms with Gasteiger partial charge in [0.15, 0.2) is 22.9 Å². The van der Waals surface area contributed by atoms with Crippen molar-refractivity contribution in [3.05, 3.63) is 24.3 Å². The van der Waals surface area contributed by atoms with Crippen LogP contribution in [-0.4, -0.2) is 64.5 Å². The van der Waals surface area contributed by atoms with Crippen LogP contribution in [0.2, 0.25) is 0 Å². The number of quaternary nitrogens is 1. The lowest BCUT2D eigenvalue weighted by Gasteiger charge is -2.24. The van der Waals surface area contributed by atoms with Crippen LogP contribution in [0, 0.1) is 0 Å². The standard InChI is InChI=1S/C17H25N3O5S/c1-17(8-9-26(23,24)12-17)19-16(22)11-20(2)10-15(21)18-13-4-6-14(25-3)7-5-13/h4-7H,8-12H2,1-3H3,(H,18,21)(H,19,22)/p+1/t17-/m1/s1. The average molecular weight is 384 g/mol. The summed E-state index contributed by atoms with van der Waals surface area (Å²) in [4.78, 5) is 24.9. The van der Waals surface area contributed by atoms with Gasteiger partial charge in [0.05, 0.1) is 31.2 Å². The van der Waals surface area contributed by atoms with E-state index >= 15 is 0 Å². The number of rotatable bonds is 7. The van der Waals surface area contributed by atoms with Crippen molar-refractivity contribution in [2.75, 3.05) is 44.1 Å². The van der Waals surface area contributed by atoms with Crippen LogP contribution in [0.25, 0.3) is 0 Å². The van der Waals surface area contributed by atoms with Gasteiger partial charge in [-0.1, -0.05) is 0 Å². The molecule has 26 heavy (non-hydrogen) atoms. The predicted octanol–water partition coefficient (Wildman–Crippen LogP) is -1.16. The second-order valence-electron chi connectivity index (χ2n) is 7.04. The molecular weight excluding hydrogens is 358 g/mol. The lowest BCUT2D eigenvalue weighted by molar-refractivity contribution is -0.862. The molecule has 0 bridgehead atoms. The number of hydrogen-bond acceptors (Lipinski definition) is 5. The number of amides is 2. The lowest BCUT2D eigenvalue weighted by atomic mass is 10.0. The molecule has 1 aromatic carbocycles. The summed E-state index contributed by atoms with van der Waals surface area (Å²) in [5.41, 5.74) is -0.0709.